The molecule has 0 bridgehead atoms. The third-order valence-electron chi connectivity index (χ3n) is 4.89. The van der Waals surface area contributed by atoms with Gasteiger partial charge in [-0.15, -0.1) is 0 Å². The van der Waals surface area contributed by atoms with Crippen LogP contribution in [0.3, 0.4) is 0 Å². The number of ketones is 1. The molecule has 4 nitrogen and oxygen atoms in total. The summed E-state index contributed by atoms with van der Waals surface area (Å²) in [5, 5.41) is 3.21. The van der Waals surface area contributed by atoms with Gasteiger partial charge in [-0.3, -0.25) is 4.79 Å². The number of nitrogens with zero attached hydrogens (tertiary/aromatic N) is 1. The second-order valence-electron chi connectivity index (χ2n) is 6.58. The number of rotatable bonds is 9. The highest BCUT2D eigenvalue weighted by Crippen LogP contribution is 2.40. The maximum absolute atomic E-state index is 13.2. The molecule has 1 aromatic heterocycles. The van der Waals surface area contributed by atoms with Crippen LogP contribution in [0.15, 0.2) is 35.2 Å². The highest BCUT2D eigenvalue weighted by atomic mass is 16.4. The molecule has 0 radical (unpaired) electrons. The SMILES string of the molecule is C=C(N/C=C\C)C1CCCC1C(=O)C(CC)c1cnc(CCC)o1. The zero-order valence-corrected chi connectivity index (χ0v) is 15.2. The average Bonchev–Trinajstić information content (AvgIpc) is 3.23. The lowest BCUT2D eigenvalue weighted by Crippen LogP contribution is -2.28. The monoisotopic (exact) mass is 330 g/mol. The van der Waals surface area contributed by atoms with Crippen LogP contribution in [0.5, 0.6) is 0 Å². The van der Waals surface area contributed by atoms with E-state index in [1.165, 1.54) is 0 Å². The van der Waals surface area contributed by atoms with Gasteiger partial charge in [0, 0.05) is 24.0 Å². The van der Waals surface area contributed by atoms with Gasteiger partial charge < -0.3 is 9.73 Å². The minimum absolute atomic E-state index is 0.0277. The van der Waals surface area contributed by atoms with Crippen LogP contribution < -0.4 is 5.32 Å². The van der Waals surface area contributed by atoms with Gasteiger partial charge >= 0.3 is 0 Å². The van der Waals surface area contributed by atoms with Crippen molar-refractivity contribution in [2.45, 2.75) is 65.2 Å². The number of hydrogen-bond acceptors (Lipinski definition) is 4. The van der Waals surface area contributed by atoms with E-state index in [2.05, 4.69) is 23.8 Å². The molecule has 132 valence electrons. The molecule has 2 rings (SSSR count). The van der Waals surface area contributed by atoms with E-state index in [9.17, 15) is 4.79 Å². The zero-order chi connectivity index (χ0) is 17.5. The van der Waals surface area contributed by atoms with Gasteiger partial charge in [0.2, 0.25) is 0 Å². The Kier molecular flexibility index (Phi) is 6.83. The molecule has 24 heavy (non-hydrogen) atoms. The van der Waals surface area contributed by atoms with Gasteiger partial charge in [-0.1, -0.05) is 32.9 Å². The molecule has 0 aromatic carbocycles. The Labute approximate surface area is 145 Å². The first-order valence-corrected chi connectivity index (χ1v) is 9.17. The number of allylic oxidation sites excluding steroid dienone is 2. The van der Waals surface area contributed by atoms with Crippen molar-refractivity contribution in [2.24, 2.45) is 11.8 Å². The van der Waals surface area contributed by atoms with Gasteiger partial charge in [0.25, 0.3) is 0 Å². The van der Waals surface area contributed by atoms with Crippen LogP contribution in [-0.2, 0) is 11.2 Å². The summed E-state index contributed by atoms with van der Waals surface area (Å²) in [5.41, 5.74) is 0.947. The molecule has 0 amide bonds. The summed E-state index contributed by atoms with van der Waals surface area (Å²) < 4.78 is 5.84. The second kappa shape index (κ2) is 8.86. The Morgan fingerprint density at radius 3 is 2.88 bits per heavy atom. The van der Waals surface area contributed by atoms with E-state index in [0.29, 0.717) is 0 Å². The molecule has 1 N–H and O–H groups in total. The third-order valence-corrected chi connectivity index (χ3v) is 4.89. The molecule has 1 saturated carbocycles. The lowest BCUT2D eigenvalue weighted by atomic mass is 9.82. The van der Waals surface area contributed by atoms with Gasteiger partial charge in [0.15, 0.2) is 5.89 Å². The normalized spacial score (nSPS) is 22.0. The fourth-order valence-electron chi connectivity index (χ4n) is 3.63. The van der Waals surface area contributed by atoms with E-state index in [4.69, 9.17) is 4.42 Å². The Bertz CT molecular complexity index is 588. The van der Waals surface area contributed by atoms with E-state index >= 15 is 0 Å². The molecule has 0 aliphatic heterocycles. The lowest BCUT2D eigenvalue weighted by Gasteiger charge is -2.24. The molecular formula is C20H30N2O2. The highest BCUT2D eigenvalue weighted by Gasteiger charge is 2.38. The fraction of sp³-hybridized carbons (Fsp3) is 0.600. The summed E-state index contributed by atoms with van der Waals surface area (Å²) in [4.78, 5) is 17.5. The largest absolute Gasteiger partial charge is 0.445 e. The average molecular weight is 330 g/mol. The topological polar surface area (TPSA) is 55.1 Å². The molecule has 3 unspecified atom stereocenters. The number of carbonyl (C=O) groups is 1. The fourth-order valence-corrected chi connectivity index (χ4v) is 3.63. The number of oxazole rings is 1. The predicted molar refractivity (Wildman–Crippen MR) is 96.5 cm³/mol. The Hall–Kier alpha value is -1.84. The standard InChI is InChI=1S/C20H30N2O2/c1-5-9-19-22-13-18(24-19)15(7-3)20(23)17-11-8-10-16(17)14(4)21-12-6-2/h6,12-13,15-17,21H,4-5,7-11H2,1-3H3/b12-6-. The van der Waals surface area contributed by atoms with Gasteiger partial charge in [-0.2, -0.15) is 0 Å². The first kappa shape index (κ1) is 18.5. The molecule has 4 heteroatoms. The first-order valence-electron chi connectivity index (χ1n) is 9.17. The first-order chi connectivity index (χ1) is 11.6. The smallest absolute Gasteiger partial charge is 0.194 e. The van der Waals surface area contributed by atoms with Crippen LogP contribution in [0.25, 0.3) is 0 Å². The van der Waals surface area contributed by atoms with Gasteiger partial charge in [-0.25, -0.2) is 4.98 Å². The molecule has 1 fully saturated rings. The molecule has 0 spiro atoms. The highest BCUT2D eigenvalue weighted by molar-refractivity contribution is 5.88. The predicted octanol–water partition coefficient (Wildman–Crippen LogP) is 4.74. The van der Waals surface area contributed by atoms with E-state index in [-0.39, 0.29) is 23.5 Å². The lowest BCUT2D eigenvalue weighted by molar-refractivity contribution is -0.125. The molecule has 1 aliphatic rings. The Morgan fingerprint density at radius 1 is 1.46 bits per heavy atom. The molecule has 3 atom stereocenters. The maximum atomic E-state index is 13.2. The maximum Gasteiger partial charge on any atom is 0.194 e. The second-order valence-corrected chi connectivity index (χ2v) is 6.58. The van der Waals surface area contributed by atoms with Crippen LogP contribution in [-0.4, -0.2) is 10.8 Å². The Balaban J connectivity index is 2.12. The molecule has 1 heterocycles. The number of carbonyl (C=O) groups excluding carboxylic acids is 1. The summed E-state index contributed by atoms with van der Waals surface area (Å²) in [5.74, 6) is 1.79. The Morgan fingerprint density at radius 2 is 2.21 bits per heavy atom. The quantitative estimate of drug-likeness (QED) is 0.710. The number of aryl methyl sites for hydroxylation is 1. The summed E-state index contributed by atoms with van der Waals surface area (Å²) >= 11 is 0. The van der Waals surface area contributed by atoms with Crippen LogP contribution in [0.1, 0.15) is 70.4 Å². The van der Waals surface area contributed by atoms with Crippen molar-refractivity contribution in [3.05, 3.63) is 42.4 Å². The van der Waals surface area contributed by atoms with Gasteiger partial charge in [0.05, 0.1) is 12.1 Å². The number of hydrogen-bond donors (Lipinski definition) is 1. The van der Waals surface area contributed by atoms with Crippen LogP contribution in [0.2, 0.25) is 0 Å². The number of aromatic nitrogens is 1. The zero-order valence-electron chi connectivity index (χ0n) is 15.2. The summed E-state index contributed by atoms with van der Waals surface area (Å²) in [6, 6.07) is 0. The van der Waals surface area contributed by atoms with Crippen LogP contribution in [0, 0.1) is 11.8 Å². The van der Waals surface area contributed by atoms with Crippen molar-refractivity contribution in [1.29, 1.82) is 0 Å². The van der Waals surface area contributed by atoms with E-state index < -0.39 is 0 Å². The summed E-state index contributed by atoms with van der Waals surface area (Å²) in [7, 11) is 0. The van der Waals surface area contributed by atoms with Crippen LogP contribution in [0.4, 0.5) is 0 Å². The van der Waals surface area contributed by atoms with Gasteiger partial charge in [-0.05, 0) is 38.8 Å². The van der Waals surface area contributed by atoms with Crippen molar-refractivity contribution in [3.8, 4) is 0 Å². The van der Waals surface area contributed by atoms with Crippen molar-refractivity contribution >= 4 is 5.78 Å². The molecule has 1 aromatic rings. The van der Waals surface area contributed by atoms with Crippen molar-refractivity contribution in [2.75, 3.05) is 0 Å². The van der Waals surface area contributed by atoms with Gasteiger partial charge in [0.1, 0.15) is 11.5 Å². The molecule has 0 saturated heterocycles. The summed E-state index contributed by atoms with van der Waals surface area (Å²) in [6.07, 6.45) is 11.2. The van der Waals surface area contributed by atoms with E-state index in [1.807, 2.05) is 26.1 Å². The third kappa shape index (κ3) is 4.16. The minimum atomic E-state index is -0.191. The van der Waals surface area contributed by atoms with Crippen molar-refractivity contribution in [3.63, 3.8) is 0 Å². The number of nitrogens with one attached hydrogen (secondary N) is 1. The van der Waals surface area contributed by atoms with Crippen LogP contribution >= 0.6 is 0 Å². The minimum Gasteiger partial charge on any atom is -0.445 e. The summed E-state index contributed by atoms with van der Waals surface area (Å²) in [6.45, 7) is 10.2. The van der Waals surface area contributed by atoms with E-state index in [0.717, 1.165) is 55.9 Å². The van der Waals surface area contributed by atoms with Crippen molar-refractivity contribution < 1.29 is 9.21 Å². The van der Waals surface area contributed by atoms with Crippen molar-refractivity contribution in [1.82, 2.24) is 10.3 Å². The van der Waals surface area contributed by atoms with E-state index in [1.54, 1.807) is 6.20 Å². The molecule has 1 aliphatic carbocycles. The number of Topliss-reactive ketones (excluding diaryl/α,β-unsaturated/α-hetero) is 1. The molecular weight excluding hydrogens is 300 g/mol.